The van der Waals surface area contributed by atoms with Crippen LogP contribution in [0.3, 0.4) is 0 Å². The first-order valence-electron chi connectivity index (χ1n) is 3.92. The molecule has 2 aromatic rings. The number of para-hydroxylation sites is 1. The number of pyridine rings is 1. The van der Waals surface area contributed by atoms with E-state index in [0.717, 1.165) is 5.39 Å². The molecular weight excluding hydrogens is 165 g/mol. The standard InChI is InChI=1S/C10H8N2O/c11-10(13)8-5-1-3-7-4-2-6-12-9(7)8/h1-6H,(H2,11,13)/i10+1. The fourth-order valence-corrected chi connectivity index (χ4v) is 1.30. The number of aromatic nitrogens is 1. The van der Waals surface area contributed by atoms with E-state index in [-0.39, 0.29) is 0 Å². The molecule has 0 unspecified atom stereocenters. The third-order valence-corrected chi connectivity index (χ3v) is 1.90. The van der Waals surface area contributed by atoms with Gasteiger partial charge in [-0.2, -0.15) is 0 Å². The lowest BCUT2D eigenvalue weighted by atomic mass is 10.2. The molecule has 0 saturated carbocycles. The molecule has 3 nitrogen and oxygen atoms in total. The number of fused-ring (bicyclic) bond motifs is 1. The summed E-state index contributed by atoms with van der Waals surface area (Å²) >= 11 is 0. The van der Waals surface area contributed by atoms with Gasteiger partial charge in [0.05, 0.1) is 11.1 Å². The second-order valence-electron chi connectivity index (χ2n) is 2.74. The summed E-state index contributed by atoms with van der Waals surface area (Å²) in [6.45, 7) is 0. The number of nitrogens with zero attached hydrogens (tertiary/aromatic N) is 1. The predicted octanol–water partition coefficient (Wildman–Crippen LogP) is 1.33. The summed E-state index contributed by atoms with van der Waals surface area (Å²) in [6.07, 6.45) is 1.65. The molecule has 3 heteroatoms. The van der Waals surface area contributed by atoms with Crippen LogP contribution >= 0.6 is 0 Å². The second-order valence-corrected chi connectivity index (χ2v) is 2.74. The molecule has 64 valence electrons. The summed E-state index contributed by atoms with van der Waals surface area (Å²) in [5.41, 5.74) is 6.34. The lowest BCUT2D eigenvalue weighted by Crippen LogP contribution is -2.11. The lowest BCUT2D eigenvalue weighted by molar-refractivity contribution is 0.100. The highest BCUT2D eigenvalue weighted by molar-refractivity contribution is 6.04. The number of primary amides is 1. The van der Waals surface area contributed by atoms with E-state index in [0.29, 0.717) is 11.1 Å². The van der Waals surface area contributed by atoms with Gasteiger partial charge in [-0.15, -0.1) is 0 Å². The average Bonchev–Trinajstić information content (AvgIpc) is 2.17. The van der Waals surface area contributed by atoms with Gasteiger partial charge in [-0.05, 0) is 12.1 Å². The molecule has 1 heterocycles. The van der Waals surface area contributed by atoms with Gasteiger partial charge in [0.15, 0.2) is 0 Å². The minimum Gasteiger partial charge on any atom is -0.366 e. The fourth-order valence-electron chi connectivity index (χ4n) is 1.30. The number of benzene rings is 1. The first-order chi connectivity index (χ1) is 6.29. The van der Waals surface area contributed by atoms with Crippen LogP contribution < -0.4 is 5.73 Å². The molecule has 13 heavy (non-hydrogen) atoms. The molecule has 0 radical (unpaired) electrons. The van der Waals surface area contributed by atoms with E-state index >= 15 is 0 Å². The first-order valence-corrected chi connectivity index (χ1v) is 3.92. The van der Waals surface area contributed by atoms with Crippen molar-refractivity contribution in [2.45, 2.75) is 0 Å². The molecule has 0 saturated heterocycles. The highest BCUT2D eigenvalue weighted by atomic mass is 16.2. The van der Waals surface area contributed by atoms with Gasteiger partial charge in [-0.25, -0.2) is 0 Å². The minimum absolute atomic E-state index is 0.440. The van der Waals surface area contributed by atoms with Crippen molar-refractivity contribution in [3.05, 3.63) is 42.1 Å². The van der Waals surface area contributed by atoms with E-state index in [4.69, 9.17) is 5.73 Å². The summed E-state index contributed by atoms with van der Waals surface area (Å²) in [6, 6.07) is 9.10. The van der Waals surface area contributed by atoms with Gasteiger partial charge in [0.2, 0.25) is 0 Å². The summed E-state index contributed by atoms with van der Waals surface area (Å²) in [5, 5.41) is 0.929. The topological polar surface area (TPSA) is 56.0 Å². The molecule has 0 spiro atoms. The van der Waals surface area contributed by atoms with Crippen LogP contribution in [0, 0.1) is 0 Å². The zero-order chi connectivity index (χ0) is 9.26. The Morgan fingerprint density at radius 2 is 2.00 bits per heavy atom. The van der Waals surface area contributed by atoms with Crippen LogP contribution in [0.25, 0.3) is 10.9 Å². The lowest BCUT2D eigenvalue weighted by Gasteiger charge is -2.00. The molecule has 1 aromatic heterocycles. The Hall–Kier alpha value is -1.90. The Balaban J connectivity index is 2.83. The molecule has 0 atom stereocenters. The van der Waals surface area contributed by atoms with Crippen molar-refractivity contribution >= 4 is 16.8 Å². The van der Waals surface area contributed by atoms with E-state index in [9.17, 15) is 4.79 Å². The van der Waals surface area contributed by atoms with E-state index in [1.807, 2.05) is 18.2 Å². The zero-order valence-corrected chi connectivity index (χ0v) is 6.90. The predicted molar refractivity (Wildman–Crippen MR) is 50.3 cm³/mol. The van der Waals surface area contributed by atoms with Gasteiger partial charge < -0.3 is 5.73 Å². The van der Waals surface area contributed by atoms with Gasteiger partial charge in [-0.3, -0.25) is 9.78 Å². The van der Waals surface area contributed by atoms with E-state index < -0.39 is 5.91 Å². The van der Waals surface area contributed by atoms with Crippen molar-refractivity contribution in [2.75, 3.05) is 0 Å². The van der Waals surface area contributed by atoms with Crippen molar-refractivity contribution in [1.82, 2.24) is 4.98 Å². The van der Waals surface area contributed by atoms with Crippen LogP contribution in [0.15, 0.2) is 36.5 Å². The number of carbonyl (C=O) groups is 1. The Labute approximate surface area is 75.2 Å². The van der Waals surface area contributed by atoms with E-state index in [1.54, 1.807) is 18.3 Å². The van der Waals surface area contributed by atoms with Crippen molar-refractivity contribution in [2.24, 2.45) is 5.73 Å². The normalized spacial score (nSPS) is 10.2. The van der Waals surface area contributed by atoms with Gasteiger partial charge in [0, 0.05) is 11.6 Å². The summed E-state index contributed by atoms with van der Waals surface area (Å²) < 4.78 is 0. The van der Waals surface area contributed by atoms with Crippen molar-refractivity contribution in [3.8, 4) is 0 Å². The van der Waals surface area contributed by atoms with Crippen molar-refractivity contribution in [3.63, 3.8) is 0 Å². The smallest absolute Gasteiger partial charge is 0.250 e. The third kappa shape index (κ3) is 1.24. The number of nitrogens with two attached hydrogens (primary N) is 1. The molecular formula is C10H8N2O. The van der Waals surface area contributed by atoms with Crippen molar-refractivity contribution < 1.29 is 4.79 Å². The summed E-state index contributed by atoms with van der Waals surface area (Å²) in [5.74, 6) is -0.440. The first kappa shape index (κ1) is 7.73. The summed E-state index contributed by atoms with van der Waals surface area (Å²) in [7, 11) is 0. The number of hydrogen-bond donors (Lipinski definition) is 1. The van der Waals surface area contributed by atoms with Crippen LogP contribution in [0.1, 0.15) is 10.4 Å². The Morgan fingerprint density at radius 1 is 1.23 bits per heavy atom. The molecule has 0 aliphatic rings. The Bertz CT molecular complexity index is 460. The fraction of sp³-hybridized carbons (Fsp3) is 0. The average molecular weight is 173 g/mol. The molecule has 2 rings (SSSR count). The summed E-state index contributed by atoms with van der Waals surface area (Å²) in [4.78, 5) is 15.1. The maximum Gasteiger partial charge on any atom is 0.250 e. The molecule has 0 fully saturated rings. The quantitative estimate of drug-likeness (QED) is 0.661. The van der Waals surface area contributed by atoms with Crippen LogP contribution in [0.5, 0.6) is 0 Å². The number of amides is 1. The van der Waals surface area contributed by atoms with Crippen LogP contribution in [-0.4, -0.2) is 10.9 Å². The highest BCUT2D eigenvalue weighted by Gasteiger charge is 2.05. The molecule has 1 aromatic carbocycles. The van der Waals surface area contributed by atoms with E-state index in [2.05, 4.69) is 4.98 Å². The Kier molecular flexibility index (Phi) is 1.70. The van der Waals surface area contributed by atoms with Crippen LogP contribution in [0.2, 0.25) is 0 Å². The highest BCUT2D eigenvalue weighted by Crippen LogP contribution is 2.14. The number of carbonyl (C=O) groups excluding carboxylic acids is 1. The molecule has 0 bridgehead atoms. The molecule has 0 aliphatic carbocycles. The maximum absolute atomic E-state index is 11.0. The Morgan fingerprint density at radius 3 is 2.77 bits per heavy atom. The maximum atomic E-state index is 11.0. The van der Waals surface area contributed by atoms with Gasteiger partial charge >= 0.3 is 0 Å². The van der Waals surface area contributed by atoms with Crippen LogP contribution in [-0.2, 0) is 0 Å². The van der Waals surface area contributed by atoms with Gasteiger partial charge in [0.1, 0.15) is 0 Å². The monoisotopic (exact) mass is 173 g/mol. The second kappa shape index (κ2) is 2.86. The van der Waals surface area contributed by atoms with Crippen LogP contribution in [0.4, 0.5) is 0 Å². The van der Waals surface area contributed by atoms with Crippen molar-refractivity contribution in [1.29, 1.82) is 0 Å². The third-order valence-electron chi connectivity index (χ3n) is 1.90. The van der Waals surface area contributed by atoms with Gasteiger partial charge in [-0.1, -0.05) is 18.2 Å². The largest absolute Gasteiger partial charge is 0.366 e. The minimum atomic E-state index is -0.440. The molecule has 1 amide bonds. The zero-order valence-electron chi connectivity index (χ0n) is 6.90. The molecule has 2 N–H and O–H groups in total. The van der Waals surface area contributed by atoms with E-state index in [1.165, 1.54) is 0 Å². The van der Waals surface area contributed by atoms with Gasteiger partial charge in [0.25, 0.3) is 5.91 Å². The number of hydrogen-bond acceptors (Lipinski definition) is 2. The molecule has 0 aliphatic heterocycles. The SMILES string of the molecule is N[13C](=O)c1cccc2cccnc12. The number of rotatable bonds is 1.